The topological polar surface area (TPSA) is 47.6 Å². The number of rotatable bonds is 8. The highest BCUT2D eigenvalue weighted by molar-refractivity contribution is 8.00. The number of ether oxygens (including phenoxy) is 2. The van der Waals surface area contributed by atoms with Crippen LogP contribution in [0.25, 0.3) is 0 Å². The predicted molar refractivity (Wildman–Crippen MR) is 107 cm³/mol. The van der Waals surface area contributed by atoms with Crippen LogP contribution in [0.2, 0.25) is 0 Å². The molecule has 2 unspecified atom stereocenters. The van der Waals surface area contributed by atoms with Gasteiger partial charge in [-0.2, -0.15) is 0 Å². The Bertz CT molecular complexity index is 731. The molecule has 0 fully saturated rings. The molecule has 4 nitrogen and oxygen atoms in total. The molecule has 2 aromatic rings. The minimum absolute atomic E-state index is 0.0252. The summed E-state index contributed by atoms with van der Waals surface area (Å²) in [5, 5.41) is 2.97. The Kier molecular flexibility index (Phi) is 7.39. The second kappa shape index (κ2) is 9.53. The predicted octanol–water partition coefficient (Wildman–Crippen LogP) is 4.76. The van der Waals surface area contributed by atoms with Gasteiger partial charge < -0.3 is 14.8 Å². The van der Waals surface area contributed by atoms with Crippen molar-refractivity contribution < 1.29 is 14.3 Å². The quantitative estimate of drug-likeness (QED) is 0.678. The number of methoxy groups -OCH3 is 2. The Hall–Kier alpha value is -2.14. The minimum Gasteiger partial charge on any atom is -0.493 e. The lowest BCUT2D eigenvalue weighted by Gasteiger charge is -2.21. The number of hydrogen-bond donors (Lipinski definition) is 1. The highest BCUT2D eigenvalue weighted by Gasteiger charge is 2.20. The standard InChI is InChI=1S/C21H27NO3S/c1-6-18(16-9-12-19(24-4)20(13-16)25-5)22-21(23)15(3)26-17-10-7-14(2)8-11-17/h7-13,15,18H,6H2,1-5H3,(H,22,23). The molecule has 0 heterocycles. The molecule has 2 rings (SSSR count). The summed E-state index contributed by atoms with van der Waals surface area (Å²) in [5.74, 6) is 1.37. The fourth-order valence-electron chi connectivity index (χ4n) is 2.65. The lowest BCUT2D eigenvalue weighted by Crippen LogP contribution is -2.34. The van der Waals surface area contributed by atoms with Crippen molar-refractivity contribution in [2.75, 3.05) is 14.2 Å². The van der Waals surface area contributed by atoms with E-state index in [1.54, 1.807) is 26.0 Å². The van der Waals surface area contributed by atoms with Crippen molar-refractivity contribution in [3.63, 3.8) is 0 Å². The third kappa shape index (κ3) is 5.18. The molecule has 5 heteroatoms. The summed E-state index contributed by atoms with van der Waals surface area (Å²) in [4.78, 5) is 13.7. The van der Waals surface area contributed by atoms with E-state index >= 15 is 0 Å². The second-order valence-corrected chi connectivity index (χ2v) is 7.57. The maximum Gasteiger partial charge on any atom is 0.233 e. The molecule has 0 aliphatic carbocycles. The summed E-state index contributed by atoms with van der Waals surface area (Å²) in [6.07, 6.45) is 0.795. The van der Waals surface area contributed by atoms with Gasteiger partial charge in [-0.1, -0.05) is 30.7 Å². The van der Waals surface area contributed by atoms with E-state index in [-0.39, 0.29) is 17.2 Å². The molecule has 140 valence electrons. The van der Waals surface area contributed by atoms with Crippen molar-refractivity contribution in [2.24, 2.45) is 0 Å². The van der Waals surface area contributed by atoms with Crippen molar-refractivity contribution in [3.05, 3.63) is 53.6 Å². The van der Waals surface area contributed by atoms with E-state index in [1.807, 2.05) is 25.1 Å². The van der Waals surface area contributed by atoms with Gasteiger partial charge in [-0.3, -0.25) is 4.79 Å². The highest BCUT2D eigenvalue weighted by atomic mass is 32.2. The molecule has 26 heavy (non-hydrogen) atoms. The molecular formula is C21H27NO3S. The first-order chi connectivity index (χ1) is 12.5. The van der Waals surface area contributed by atoms with Gasteiger partial charge in [0.15, 0.2) is 11.5 Å². The molecule has 2 aromatic carbocycles. The largest absolute Gasteiger partial charge is 0.493 e. The molecule has 0 spiro atoms. The molecule has 0 bridgehead atoms. The number of thioether (sulfide) groups is 1. The van der Waals surface area contributed by atoms with Gasteiger partial charge in [0, 0.05) is 4.90 Å². The van der Waals surface area contributed by atoms with Crippen LogP contribution < -0.4 is 14.8 Å². The number of benzene rings is 2. The Morgan fingerprint density at radius 2 is 1.73 bits per heavy atom. The van der Waals surface area contributed by atoms with Crippen molar-refractivity contribution in [1.29, 1.82) is 0 Å². The Morgan fingerprint density at radius 3 is 2.31 bits per heavy atom. The summed E-state index contributed by atoms with van der Waals surface area (Å²) in [6, 6.07) is 13.9. The van der Waals surface area contributed by atoms with E-state index in [1.165, 1.54) is 5.56 Å². The first-order valence-electron chi connectivity index (χ1n) is 8.74. The smallest absolute Gasteiger partial charge is 0.233 e. The number of aryl methyl sites for hydroxylation is 1. The molecule has 1 amide bonds. The fraction of sp³-hybridized carbons (Fsp3) is 0.381. The molecule has 0 saturated heterocycles. The number of amides is 1. The summed E-state index contributed by atoms with van der Waals surface area (Å²) in [6.45, 7) is 6.04. The highest BCUT2D eigenvalue weighted by Crippen LogP contribution is 2.31. The Labute approximate surface area is 160 Å². The van der Waals surface area contributed by atoms with Crippen LogP contribution in [0.3, 0.4) is 0 Å². The zero-order valence-electron chi connectivity index (χ0n) is 16.0. The van der Waals surface area contributed by atoms with Gasteiger partial charge in [0.25, 0.3) is 0 Å². The molecule has 0 aromatic heterocycles. The lowest BCUT2D eigenvalue weighted by molar-refractivity contribution is -0.121. The molecule has 0 radical (unpaired) electrons. The number of carbonyl (C=O) groups excluding carboxylic acids is 1. The van der Waals surface area contributed by atoms with E-state index in [4.69, 9.17) is 9.47 Å². The van der Waals surface area contributed by atoms with Crippen molar-refractivity contribution in [2.45, 2.75) is 43.4 Å². The van der Waals surface area contributed by atoms with Gasteiger partial charge in [-0.25, -0.2) is 0 Å². The molecular weight excluding hydrogens is 346 g/mol. The van der Waals surface area contributed by atoms with Crippen LogP contribution in [0, 0.1) is 6.92 Å². The van der Waals surface area contributed by atoms with Crippen LogP contribution >= 0.6 is 11.8 Å². The second-order valence-electron chi connectivity index (χ2n) is 6.16. The van der Waals surface area contributed by atoms with Crippen LogP contribution in [0.15, 0.2) is 47.4 Å². The lowest BCUT2D eigenvalue weighted by atomic mass is 10.0. The van der Waals surface area contributed by atoms with Crippen LogP contribution in [0.1, 0.15) is 37.4 Å². The molecule has 0 saturated carbocycles. The van der Waals surface area contributed by atoms with Crippen LogP contribution in [-0.2, 0) is 4.79 Å². The normalized spacial score (nSPS) is 13.0. The van der Waals surface area contributed by atoms with Gasteiger partial charge in [-0.15, -0.1) is 11.8 Å². The maximum atomic E-state index is 12.6. The third-order valence-electron chi connectivity index (χ3n) is 4.24. The van der Waals surface area contributed by atoms with Gasteiger partial charge >= 0.3 is 0 Å². The number of hydrogen-bond acceptors (Lipinski definition) is 4. The van der Waals surface area contributed by atoms with E-state index in [0.717, 1.165) is 16.9 Å². The Balaban J connectivity index is 2.06. The van der Waals surface area contributed by atoms with E-state index < -0.39 is 0 Å². The molecule has 0 aliphatic rings. The van der Waals surface area contributed by atoms with Crippen molar-refractivity contribution in [3.8, 4) is 11.5 Å². The summed E-state index contributed by atoms with van der Waals surface area (Å²) < 4.78 is 10.7. The van der Waals surface area contributed by atoms with E-state index in [9.17, 15) is 4.79 Å². The first-order valence-corrected chi connectivity index (χ1v) is 9.62. The van der Waals surface area contributed by atoms with Crippen molar-refractivity contribution >= 4 is 17.7 Å². The van der Waals surface area contributed by atoms with E-state index in [2.05, 4.69) is 43.4 Å². The fourth-order valence-corrected chi connectivity index (χ4v) is 3.53. The molecule has 0 aliphatic heterocycles. The van der Waals surface area contributed by atoms with E-state index in [0.29, 0.717) is 11.5 Å². The number of nitrogens with one attached hydrogen (secondary N) is 1. The molecule has 1 N–H and O–H groups in total. The monoisotopic (exact) mass is 373 g/mol. The SMILES string of the molecule is CCC(NC(=O)C(C)Sc1ccc(C)cc1)c1ccc(OC)c(OC)c1. The van der Waals surface area contributed by atoms with Crippen molar-refractivity contribution in [1.82, 2.24) is 5.32 Å². The molecule has 2 atom stereocenters. The van der Waals surface area contributed by atoms with Gasteiger partial charge in [0.05, 0.1) is 25.5 Å². The summed E-state index contributed by atoms with van der Waals surface area (Å²) in [7, 11) is 3.22. The third-order valence-corrected chi connectivity index (χ3v) is 5.35. The first kappa shape index (κ1) is 20.2. The van der Waals surface area contributed by atoms with Crippen LogP contribution in [-0.4, -0.2) is 25.4 Å². The van der Waals surface area contributed by atoms with Gasteiger partial charge in [-0.05, 0) is 50.1 Å². The zero-order chi connectivity index (χ0) is 19.1. The summed E-state index contributed by atoms with van der Waals surface area (Å²) >= 11 is 1.57. The average Bonchev–Trinajstić information content (AvgIpc) is 2.67. The van der Waals surface area contributed by atoms with Crippen LogP contribution in [0.4, 0.5) is 0 Å². The minimum atomic E-state index is -0.174. The van der Waals surface area contributed by atoms with Gasteiger partial charge in [0.1, 0.15) is 0 Å². The zero-order valence-corrected chi connectivity index (χ0v) is 16.9. The maximum absolute atomic E-state index is 12.6. The summed E-state index contributed by atoms with van der Waals surface area (Å²) in [5.41, 5.74) is 2.22. The Morgan fingerprint density at radius 1 is 1.08 bits per heavy atom. The van der Waals surface area contributed by atoms with Gasteiger partial charge in [0.2, 0.25) is 5.91 Å². The van der Waals surface area contributed by atoms with Crippen LogP contribution in [0.5, 0.6) is 11.5 Å². The average molecular weight is 374 g/mol. The number of carbonyl (C=O) groups is 1.